The van der Waals surface area contributed by atoms with Crippen molar-refractivity contribution < 1.29 is 34.1 Å². The summed E-state index contributed by atoms with van der Waals surface area (Å²) in [5.74, 6) is -2.75. The van der Waals surface area contributed by atoms with Gasteiger partial charge in [0.05, 0.1) is 7.11 Å². The lowest BCUT2D eigenvalue weighted by atomic mass is 10.0. The number of hydrogen-bond donors (Lipinski definition) is 5. The summed E-state index contributed by atoms with van der Waals surface area (Å²) < 4.78 is 4.52. The second kappa shape index (κ2) is 17.4. The Morgan fingerprint density at radius 2 is 1.62 bits per heavy atom. The maximum Gasteiger partial charge on any atom is 0.325 e. The van der Waals surface area contributed by atoms with E-state index in [1.807, 2.05) is 44.2 Å². The number of nitrogens with two attached hydrogens (primary N) is 2. The number of carboxylic acid groups (broad SMARTS) is 2. The number of carbonyl (C=O) groups is 4. The maximum absolute atomic E-state index is 11.0. The maximum atomic E-state index is 11.0. The van der Waals surface area contributed by atoms with Crippen molar-refractivity contribution in [3.8, 4) is 0 Å². The number of carboxylic acids is 2. The fourth-order valence-corrected chi connectivity index (χ4v) is 1.93. The van der Waals surface area contributed by atoms with Crippen LogP contribution in [0.1, 0.15) is 32.8 Å². The highest BCUT2D eigenvalue weighted by molar-refractivity contribution is 5.90. The molecule has 0 bridgehead atoms. The van der Waals surface area contributed by atoms with Crippen LogP contribution in [0.25, 0.3) is 0 Å². The third-order valence-corrected chi connectivity index (χ3v) is 4.26. The van der Waals surface area contributed by atoms with Gasteiger partial charge < -0.3 is 31.7 Å². The predicted molar refractivity (Wildman–Crippen MR) is 121 cm³/mol. The number of hydrogen-bond acceptors (Lipinski definition) is 7. The minimum Gasteiger partial charge on any atom is -0.480 e. The zero-order valence-electron chi connectivity index (χ0n) is 19.0. The summed E-state index contributed by atoms with van der Waals surface area (Å²) in [7, 11) is 1.34. The van der Waals surface area contributed by atoms with Crippen LogP contribution in [0, 0.1) is 5.92 Å². The molecule has 0 fully saturated rings. The molecule has 180 valence electrons. The molecule has 10 nitrogen and oxygen atoms in total. The first kappa shape index (κ1) is 30.9. The zero-order chi connectivity index (χ0) is 25.3. The Kier molecular flexibility index (Phi) is 16.9. The molecule has 1 aromatic carbocycles. The first-order valence-electron chi connectivity index (χ1n) is 9.92. The second-order valence-corrected chi connectivity index (χ2v) is 6.84. The van der Waals surface area contributed by atoms with Gasteiger partial charge in [0.1, 0.15) is 18.1 Å². The van der Waals surface area contributed by atoms with Crippen LogP contribution in [0.2, 0.25) is 0 Å². The summed E-state index contributed by atoms with van der Waals surface area (Å²) >= 11 is 0. The fourth-order valence-electron chi connectivity index (χ4n) is 1.93. The van der Waals surface area contributed by atoms with Crippen LogP contribution in [-0.4, -0.2) is 59.3 Å². The number of rotatable bonds is 9. The highest BCUT2D eigenvalue weighted by atomic mass is 16.5. The SMILES string of the molecule is C=CC(=O)NC(C)C(=O)O.CCC(C)C(N)C(=O)O.COC(=O)C(N)Cc1ccccc1. The Balaban J connectivity index is 0. The van der Waals surface area contributed by atoms with Gasteiger partial charge >= 0.3 is 17.9 Å². The molecule has 0 aliphatic heterocycles. The molecule has 1 amide bonds. The minimum absolute atomic E-state index is 0.0718. The van der Waals surface area contributed by atoms with E-state index >= 15 is 0 Å². The molecule has 0 aliphatic carbocycles. The van der Waals surface area contributed by atoms with E-state index in [4.69, 9.17) is 21.7 Å². The van der Waals surface area contributed by atoms with Crippen LogP contribution >= 0.6 is 0 Å². The van der Waals surface area contributed by atoms with Crippen LogP contribution < -0.4 is 16.8 Å². The van der Waals surface area contributed by atoms with E-state index in [1.165, 1.54) is 14.0 Å². The van der Waals surface area contributed by atoms with Crippen molar-refractivity contribution in [2.45, 2.75) is 51.7 Å². The Morgan fingerprint density at radius 1 is 1.09 bits per heavy atom. The van der Waals surface area contributed by atoms with Crippen molar-refractivity contribution in [1.29, 1.82) is 0 Å². The van der Waals surface area contributed by atoms with E-state index in [9.17, 15) is 19.2 Å². The number of esters is 1. The van der Waals surface area contributed by atoms with Crippen molar-refractivity contribution in [3.63, 3.8) is 0 Å². The van der Waals surface area contributed by atoms with Crippen molar-refractivity contribution >= 4 is 23.8 Å². The first-order valence-corrected chi connectivity index (χ1v) is 9.92. The van der Waals surface area contributed by atoms with E-state index in [-0.39, 0.29) is 11.9 Å². The Hall–Kier alpha value is -3.24. The molecule has 0 saturated carbocycles. The average Bonchev–Trinajstić information content (AvgIpc) is 2.78. The molecule has 0 heterocycles. The fraction of sp³-hybridized carbons (Fsp3) is 0.455. The number of carbonyl (C=O) groups excluding carboxylic acids is 2. The van der Waals surface area contributed by atoms with Gasteiger partial charge in [0.2, 0.25) is 5.91 Å². The summed E-state index contributed by atoms with van der Waals surface area (Å²) in [5.41, 5.74) is 11.9. The van der Waals surface area contributed by atoms with E-state index in [0.717, 1.165) is 18.1 Å². The lowest BCUT2D eigenvalue weighted by Gasteiger charge is -2.11. The van der Waals surface area contributed by atoms with Gasteiger partial charge in [0, 0.05) is 0 Å². The van der Waals surface area contributed by atoms with Gasteiger partial charge in [0.25, 0.3) is 0 Å². The smallest absolute Gasteiger partial charge is 0.325 e. The molecule has 0 saturated heterocycles. The van der Waals surface area contributed by atoms with Crippen molar-refractivity contribution in [1.82, 2.24) is 5.32 Å². The standard InChI is InChI=1S/C10H13NO2.C6H9NO3.C6H13NO2/c1-13-10(12)9(11)7-8-5-3-2-4-6-8;1-3-5(8)7-4(2)6(9)10;1-3-4(2)5(7)6(8)9/h2-6,9H,7,11H2,1H3;3-4H,1H2,2H3,(H,7,8)(H,9,10);4-5H,3,7H2,1-2H3,(H,8,9). The van der Waals surface area contributed by atoms with E-state index in [0.29, 0.717) is 6.42 Å². The third kappa shape index (κ3) is 14.7. The molecule has 7 N–H and O–H groups in total. The van der Waals surface area contributed by atoms with Crippen molar-refractivity contribution in [3.05, 3.63) is 48.6 Å². The molecule has 1 aromatic rings. The van der Waals surface area contributed by atoms with E-state index in [1.54, 1.807) is 0 Å². The van der Waals surface area contributed by atoms with Gasteiger partial charge in [-0.3, -0.25) is 19.2 Å². The predicted octanol–water partition coefficient (Wildman–Crippen LogP) is 0.936. The molecule has 0 radical (unpaired) electrons. The number of methoxy groups -OCH3 is 1. The highest BCUT2D eigenvalue weighted by Gasteiger charge is 2.17. The largest absolute Gasteiger partial charge is 0.480 e. The third-order valence-electron chi connectivity index (χ3n) is 4.26. The summed E-state index contributed by atoms with van der Waals surface area (Å²) in [4.78, 5) is 41.7. The van der Waals surface area contributed by atoms with Gasteiger partial charge in [-0.2, -0.15) is 0 Å². The summed E-state index contributed by atoms with van der Waals surface area (Å²) in [6.45, 7) is 8.30. The first-order chi connectivity index (χ1) is 14.9. The second-order valence-electron chi connectivity index (χ2n) is 6.84. The van der Waals surface area contributed by atoms with Crippen LogP contribution in [-0.2, 0) is 30.3 Å². The topological polar surface area (TPSA) is 182 Å². The zero-order valence-corrected chi connectivity index (χ0v) is 19.0. The average molecular weight is 454 g/mol. The minimum atomic E-state index is -1.06. The summed E-state index contributed by atoms with van der Waals surface area (Å²) in [6.07, 6.45) is 2.36. The molecule has 1 rings (SSSR count). The normalized spacial score (nSPS) is 13.3. The Bertz CT molecular complexity index is 725. The molecular formula is C22H35N3O7. The lowest BCUT2D eigenvalue weighted by molar-refractivity contribution is -0.142. The quantitative estimate of drug-likeness (QED) is 0.268. The number of nitrogens with one attached hydrogen (secondary N) is 1. The molecule has 32 heavy (non-hydrogen) atoms. The van der Waals surface area contributed by atoms with Crippen LogP contribution in [0.3, 0.4) is 0 Å². The van der Waals surface area contributed by atoms with Crippen molar-refractivity contribution in [2.75, 3.05) is 7.11 Å². The molecular weight excluding hydrogens is 418 g/mol. The van der Waals surface area contributed by atoms with Gasteiger partial charge in [-0.05, 0) is 30.9 Å². The highest BCUT2D eigenvalue weighted by Crippen LogP contribution is 2.04. The molecule has 10 heteroatoms. The van der Waals surface area contributed by atoms with E-state index < -0.39 is 36.0 Å². The number of ether oxygens (including phenoxy) is 1. The molecule has 4 unspecified atom stereocenters. The molecule has 4 atom stereocenters. The molecule has 0 spiro atoms. The van der Waals surface area contributed by atoms with Crippen LogP contribution in [0.5, 0.6) is 0 Å². The summed E-state index contributed by atoms with van der Waals surface area (Å²) in [6, 6.07) is 7.50. The number of aliphatic carboxylic acids is 2. The summed E-state index contributed by atoms with van der Waals surface area (Å²) in [5, 5.41) is 18.8. The number of amides is 1. The monoisotopic (exact) mass is 453 g/mol. The molecule has 0 aliphatic rings. The lowest BCUT2D eigenvalue weighted by Crippen LogP contribution is -2.37. The van der Waals surface area contributed by atoms with Gasteiger partial charge in [-0.15, -0.1) is 0 Å². The molecule has 0 aromatic heterocycles. The number of benzene rings is 1. The van der Waals surface area contributed by atoms with Gasteiger partial charge in [0.15, 0.2) is 0 Å². The van der Waals surface area contributed by atoms with Crippen LogP contribution in [0.15, 0.2) is 43.0 Å². The van der Waals surface area contributed by atoms with Gasteiger partial charge in [-0.1, -0.05) is 57.2 Å². The van der Waals surface area contributed by atoms with E-state index in [2.05, 4.69) is 16.6 Å². The Labute approximate surface area is 188 Å². The van der Waals surface area contributed by atoms with Crippen LogP contribution in [0.4, 0.5) is 0 Å². The van der Waals surface area contributed by atoms with Crippen molar-refractivity contribution in [2.24, 2.45) is 17.4 Å². The van der Waals surface area contributed by atoms with Gasteiger partial charge in [-0.25, -0.2) is 0 Å². The Morgan fingerprint density at radius 3 is 1.97 bits per heavy atom.